The molecule has 0 saturated heterocycles. The topological polar surface area (TPSA) is 73.6 Å². The molecule has 0 atom stereocenters. The number of amides is 1. The lowest BCUT2D eigenvalue weighted by molar-refractivity contribution is -0.126. The molecule has 1 saturated carbocycles. The van der Waals surface area contributed by atoms with Crippen molar-refractivity contribution in [3.8, 4) is 11.5 Å². The Hall–Kier alpha value is -1.75. The van der Waals surface area contributed by atoms with Crippen LogP contribution in [0.2, 0.25) is 0 Å². The van der Waals surface area contributed by atoms with E-state index in [9.17, 15) is 4.79 Å². The molecule has 1 amide bonds. The fraction of sp³-hybridized carbons (Fsp3) is 0.562. The van der Waals surface area contributed by atoms with Gasteiger partial charge < -0.3 is 20.5 Å². The highest BCUT2D eigenvalue weighted by atomic mass is 16.5. The molecule has 1 aromatic rings. The van der Waals surface area contributed by atoms with E-state index in [1.165, 1.54) is 0 Å². The summed E-state index contributed by atoms with van der Waals surface area (Å²) in [6, 6.07) is 5.78. The van der Waals surface area contributed by atoms with Gasteiger partial charge in [0.05, 0.1) is 18.8 Å². The van der Waals surface area contributed by atoms with Gasteiger partial charge in [0.1, 0.15) is 0 Å². The van der Waals surface area contributed by atoms with Gasteiger partial charge >= 0.3 is 0 Å². The third kappa shape index (κ3) is 3.13. The summed E-state index contributed by atoms with van der Waals surface area (Å²) in [6.07, 6.45) is 4.51. The fourth-order valence-electron chi connectivity index (χ4n) is 2.91. The van der Waals surface area contributed by atoms with E-state index in [0.717, 1.165) is 49.2 Å². The maximum absolute atomic E-state index is 12.2. The highest BCUT2D eigenvalue weighted by Crippen LogP contribution is 2.31. The number of rotatable bonds is 3. The van der Waals surface area contributed by atoms with Gasteiger partial charge in [-0.3, -0.25) is 4.79 Å². The van der Waals surface area contributed by atoms with Crippen LogP contribution in [0.15, 0.2) is 18.2 Å². The molecule has 1 aliphatic heterocycles. The van der Waals surface area contributed by atoms with Crippen molar-refractivity contribution in [2.75, 3.05) is 13.2 Å². The Labute approximate surface area is 124 Å². The van der Waals surface area contributed by atoms with Gasteiger partial charge in [0, 0.05) is 13.0 Å². The summed E-state index contributed by atoms with van der Waals surface area (Å²) in [7, 11) is 0. The second-order valence-corrected chi connectivity index (χ2v) is 5.88. The number of hydrogen-bond acceptors (Lipinski definition) is 4. The number of hydrogen-bond donors (Lipinski definition) is 2. The molecule has 3 rings (SSSR count). The van der Waals surface area contributed by atoms with Crippen LogP contribution in [0, 0.1) is 0 Å². The molecular weight excluding hydrogens is 268 g/mol. The van der Waals surface area contributed by atoms with Gasteiger partial charge in [0.2, 0.25) is 5.91 Å². The second kappa shape index (κ2) is 5.93. The van der Waals surface area contributed by atoms with E-state index in [4.69, 9.17) is 15.2 Å². The molecule has 1 aromatic carbocycles. The van der Waals surface area contributed by atoms with E-state index in [-0.39, 0.29) is 5.91 Å². The Kier molecular flexibility index (Phi) is 4.01. The minimum Gasteiger partial charge on any atom is -0.490 e. The first kappa shape index (κ1) is 14.2. The summed E-state index contributed by atoms with van der Waals surface area (Å²) in [5, 5.41) is 2.94. The first-order chi connectivity index (χ1) is 10.2. The van der Waals surface area contributed by atoms with E-state index < -0.39 is 5.54 Å². The predicted molar refractivity (Wildman–Crippen MR) is 79.3 cm³/mol. The van der Waals surface area contributed by atoms with Crippen molar-refractivity contribution >= 4 is 5.91 Å². The quantitative estimate of drug-likeness (QED) is 0.889. The molecule has 0 spiro atoms. The van der Waals surface area contributed by atoms with Crippen LogP contribution in [0.5, 0.6) is 11.5 Å². The van der Waals surface area contributed by atoms with Crippen LogP contribution < -0.4 is 20.5 Å². The number of ether oxygens (including phenoxy) is 2. The number of nitrogens with two attached hydrogens (primary N) is 1. The molecule has 0 bridgehead atoms. The third-order valence-electron chi connectivity index (χ3n) is 4.21. The van der Waals surface area contributed by atoms with Crippen molar-refractivity contribution in [2.24, 2.45) is 5.73 Å². The first-order valence-corrected chi connectivity index (χ1v) is 7.63. The number of nitrogens with one attached hydrogen (secondary N) is 1. The van der Waals surface area contributed by atoms with Crippen molar-refractivity contribution < 1.29 is 14.3 Å². The first-order valence-electron chi connectivity index (χ1n) is 7.63. The average Bonchev–Trinajstić information content (AvgIpc) is 2.81. The number of benzene rings is 1. The third-order valence-corrected chi connectivity index (χ3v) is 4.21. The van der Waals surface area contributed by atoms with E-state index >= 15 is 0 Å². The normalized spacial score (nSPS) is 19.9. The number of carbonyl (C=O) groups is 1. The molecular formula is C16H22N2O3. The van der Waals surface area contributed by atoms with Gasteiger partial charge in [-0.25, -0.2) is 0 Å². The van der Waals surface area contributed by atoms with Gasteiger partial charge in [-0.05, 0) is 30.5 Å². The molecule has 0 radical (unpaired) electrons. The van der Waals surface area contributed by atoms with Gasteiger partial charge in [-0.2, -0.15) is 0 Å². The molecule has 1 aliphatic carbocycles. The van der Waals surface area contributed by atoms with Crippen molar-refractivity contribution in [1.29, 1.82) is 0 Å². The standard InChI is InChI=1S/C16H22N2O3/c17-16(6-1-2-7-16)15(19)18-11-12-4-5-13-14(10-12)21-9-3-8-20-13/h4-5,10H,1-3,6-9,11,17H2,(H,18,19). The largest absolute Gasteiger partial charge is 0.490 e. The molecule has 2 aliphatic rings. The zero-order valence-electron chi connectivity index (χ0n) is 12.2. The van der Waals surface area contributed by atoms with E-state index in [0.29, 0.717) is 19.8 Å². The van der Waals surface area contributed by atoms with Crippen LogP contribution in [-0.4, -0.2) is 24.7 Å². The lowest BCUT2D eigenvalue weighted by atomic mass is 9.98. The lowest BCUT2D eigenvalue weighted by Gasteiger charge is -2.22. The Morgan fingerprint density at radius 1 is 1.14 bits per heavy atom. The minimum absolute atomic E-state index is 0.0490. The van der Waals surface area contributed by atoms with E-state index in [1.807, 2.05) is 18.2 Å². The van der Waals surface area contributed by atoms with E-state index in [2.05, 4.69) is 5.32 Å². The van der Waals surface area contributed by atoms with Crippen LogP contribution in [-0.2, 0) is 11.3 Å². The average molecular weight is 290 g/mol. The van der Waals surface area contributed by atoms with Crippen molar-refractivity contribution in [3.63, 3.8) is 0 Å². The zero-order valence-corrected chi connectivity index (χ0v) is 12.2. The van der Waals surface area contributed by atoms with Crippen LogP contribution in [0.25, 0.3) is 0 Å². The summed E-state index contributed by atoms with van der Waals surface area (Å²) in [5.74, 6) is 1.48. The maximum Gasteiger partial charge on any atom is 0.240 e. The number of carbonyl (C=O) groups excluding carboxylic acids is 1. The monoisotopic (exact) mass is 290 g/mol. The highest BCUT2D eigenvalue weighted by Gasteiger charge is 2.36. The summed E-state index contributed by atoms with van der Waals surface area (Å²) in [4.78, 5) is 12.2. The minimum atomic E-state index is -0.675. The van der Waals surface area contributed by atoms with Crippen LogP contribution >= 0.6 is 0 Å². The van der Waals surface area contributed by atoms with E-state index in [1.54, 1.807) is 0 Å². The van der Waals surface area contributed by atoms with Crippen LogP contribution in [0.4, 0.5) is 0 Å². The van der Waals surface area contributed by atoms with Crippen molar-refractivity contribution in [2.45, 2.75) is 44.2 Å². The van der Waals surface area contributed by atoms with Crippen LogP contribution in [0.3, 0.4) is 0 Å². The predicted octanol–water partition coefficient (Wildman–Crippen LogP) is 1.74. The van der Waals surface area contributed by atoms with Crippen molar-refractivity contribution in [3.05, 3.63) is 23.8 Å². The molecule has 114 valence electrons. The molecule has 5 heteroatoms. The SMILES string of the molecule is NC1(C(=O)NCc2ccc3c(c2)OCCCO3)CCCC1. The fourth-order valence-corrected chi connectivity index (χ4v) is 2.91. The Bertz CT molecular complexity index is 524. The van der Waals surface area contributed by atoms with Gasteiger partial charge in [0.15, 0.2) is 11.5 Å². The van der Waals surface area contributed by atoms with Crippen molar-refractivity contribution in [1.82, 2.24) is 5.32 Å². The molecule has 3 N–H and O–H groups in total. The Balaban J connectivity index is 1.63. The molecule has 0 aromatic heterocycles. The molecule has 21 heavy (non-hydrogen) atoms. The summed E-state index contributed by atoms with van der Waals surface area (Å²) < 4.78 is 11.2. The second-order valence-electron chi connectivity index (χ2n) is 5.88. The van der Waals surface area contributed by atoms with Gasteiger partial charge in [-0.1, -0.05) is 18.9 Å². The molecule has 1 heterocycles. The van der Waals surface area contributed by atoms with Crippen LogP contribution in [0.1, 0.15) is 37.7 Å². The lowest BCUT2D eigenvalue weighted by Crippen LogP contribution is -2.51. The molecule has 5 nitrogen and oxygen atoms in total. The Morgan fingerprint density at radius 3 is 2.62 bits per heavy atom. The summed E-state index contributed by atoms with van der Waals surface area (Å²) >= 11 is 0. The molecule has 1 fully saturated rings. The van der Waals surface area contributed by atoms with Gasteiger partial charge in [-0.15, -0.1) is 0 Å². The van der Waals surface area contributed by atoms with Gasteiger partial charge in [0.25, 0.3) is 0 Å². The highest BCUT2D eigenvalue weighted by molar-refractivity contribution is 5.86. The maximum atomic E-state index is 12.2. The Morgan fingerprint density at radius 2 is 1.86 bits per heavy atom. The zero-order chi connectivity index (χ0) is 14.7. The summed E-state index contributed by atoms with van der Waals surface area (Å²) in [5.41, 5.74) is 6.46. The molecule has 0 unspecified atom stereocenters. The number of fused-ring (bicyclic) bond motifs is 1. The summed E-state index contributed by atoms with van der Waals surface area (Å²) in [6.45, 7) is 1.81. The smallest absolute Gasteiger partial charge is 0.240 e.